The van der Waals surface area contributed by atoms with E-state index in [9.17, 15) is 13.9 Å². The Morgan fingerprint density at radius 1 is 1.09 bits per heavy atom. The Morgan fingerprint density at radius 2 is 1.86 bits per heavy atom. The lowest BCUT2D eigenvalue weighted by atomic mass is 9.86. The maximum Gasteiger partial charge on any atom is 0.150 e. The summed E-state index contributed by atoms with van der Waals surface area (Å²) in [5.74, 6) is 1.13. The van der Waals surface area contributed by atoms with Gasteiger partial charge in [0.15, 0.2) is 0 Å². The molecule has 1 fully saturated rings. The number of phenolic OH excluding ortho intramolecular Hbond substituents is 1. The normalized spacial score (nSPS) is 18.1. The van der Waals surface area contributed by atoms with Crippen LogP contribution in [0.4, 0.5) is 8.78 Å². The fraction of sp³-hybridized carbons (Fsp3) is 0.286. The van der Waals surface area contributed by atoms with E-state index in [4.69, 9.17) is 21.1 Å². The predicted molar refractivity (Wildman–Crippen MR) is 133 cm³/mol. The molecule has 0 aliphatic carbocycles. The smallest absolute Gasteiger partial charge is 0.150 e. The number of nitrogens with zero attached hydrogens (tertiary/aromatic N) is 1. The molecule has 1 atom stereocenters. The summed E-state index contributed by atoms with van der Waals surface area (Å²) in [6.07, 6.45) is -0.529. The van der Waals surface area contributed by atoms with Gasteiger partial charge in [-0.1, -0.05) is 35.9 Å². The summed E-state index contributed by atoms with van der Waals surface area (Å²) in [4.78, 5) is 2.17. The van der Waals surface area contributed by atoms with E-state index < -0.39 is 11.9 Å². The first-order valence-corrected chi connectivity index (χ1v) is 12.0. The second kappa shape index (κ2) is 9.88. The van der Waals surface area contributed by atoms with Crippen LogP contribution in [0.5, 0.6) is 17.2 Å². The molecule has 2 heterocycles. The second-order valence-electron chi connectivity index (χ2n) is 9.02. The van der Waals surface area contributed by atoms with Crippen molar-refractivity contribution in [1.82, 2.24) is 4.90 Å². The fourth-order valence-electron chi connectivity index (χ4n) is 4.72. The molecule has 35 heavy (non-hydrogen) atoms. The van der Waals surface area contributed by atoms with E-state index >= 15 is 0 Å². The molecule has 0 saturated carbocycles. The minimum atomic E-state index is -0.529. The Kier molecular flexibility index (Phi) is 6.67. The van der Waals surface area contributed by atoms with Crippen molar-refractivity contribution in [2.45, 2.75) is 13.0 Å². The van der Waals surface area contributed by atoms with Crippen LogP contribution in [-0.2, 0) is 0 Å². The number of hydrogen-bond donors (Lipinski definition) is 1. The molecule has 182 valence electrons. The van der Waals surface area contributed by atoms with E-state index in [2.05, 4.69) is 4.90 Å². The van der Waals surface area contributed by atoms with Gasteiger partial charge in [-0.25, -0.2) is 4.39 Å². The quantitative estimate of drug-likeness (QED) is 0.403. The minimum absolute atomic E-state index is 0.0278. The zero-order valence-corrected chi connectivity index (χ0v) is 20.1. The molecular formula is C28H26ClF2NO3. The van der Waals surface area contributed by atoms with Gasteiger partial charge in [-0.2, -0.15) is 0 Å². The van der Waals surface area contributed by atoms with Crippen LogP contribution in [0, 0.1) is 11.7 Å². The van der Waals surface area contributed by atoms with E-state index in [1.807, 2.05) is 31.2 Å². The molecule has 0 spiro atoms. The molecule has 2 aliphatic heterocycles. The van der Waals surface area contributed by atoms with Crippen LogP contribution in [0.2, 0.25) is 5.02 Å². The van der Waals surface area contributed by atoms with Gasteiger partial charge in [-0.3, -0.25) is 9.29 Å². The summed E-state index contributed by atoms with van der Waals surface area (Å²) in [6.45, 7) is 4.52. The molecule has 3 aromatic carbocycles. The third-order valence-corrected chi connectivity index (χ3v) is 7.01. The maximum atomic E-state index is 14.4. The number of allylic oxidation sites excluding steroid dienone is 1. The van der Waals surface area contributed by atoms with Crippen molar-refractivity contribution in [3.63, 3.8) is 0 Å². The Morgan fingerprint density at radius 3 is 2.60 bits per heavy atom. The Bertz CT molecular complexity index is 1260. The lowest BCUT2D eigenvalue weighted by Crippen LogP contribution is -2.49. The Balaban J connectivity index is 1.41. The van der Waals surface area contributed by atoms with E-state index in [1.165, 1.54) is 6.07 Å². The number of halogens is 3. The van der Waals surface area contributed by atoms with E-state index in [0.29, 0.717) is 17.9 Å². The summed E-state index contributed by atoms with van der Waals surface area (Å²) < 4.78 is 39.2. The topological polar surface area (TPSA) is 41.9 Å². The molecule has 0 unspecified atom stereocenters. The highest BCUT2D eigenvalue weighted by atomic mass is 35.5. The third-order valence-electron chi connectivity index (χ3n) is 6.63. The van der Waals surface area contributed by atoms with Gasteiger partial charge in [-0.15, -0.1) is 0 Å². The van der Waals surface area contributed by atoms with Crippen LogP contribution >= 0.6 is 11.6 Å². The molecule has 1 saturated heterocycles. The molecule has 0 aromatic heterocycles. The molecule has 0 radical (unpaired) electrons. The SMILES string of the molecule is CC1=C(c2cccc(F)c2Cl)[C@@H](c2ccc(OCCN3CC(CF)C3)cc2)Oc2ccc(O)cc21. The number of benzene rings is 3. The number of hydrogen-bond acceptors (Lipinski definition) is 4. The van der Waals surface area contributed by atoms with E-state index in [0.717, 1.165) is 47.7 Å². The third kappa shape index (κ3) is 4.73. The number of likely N-dealkylation sites (tertiary alicyclic amines) is 1. The standard InChI is InChI=1S/C28H26ClF2NO3/c1-17-23-13-20(33)7-10-25(23)35-28(26(17)22-3-2-4-24(31)27(22)29)19-5-8-21(9-6-19)34-12-11-32-15-18(14-30)16-32/h2-10,13,18,28,33H,11-12,14-16H2,1H3/t28-/m1/s1. The molecule has 0 bridgehead atoms. The molecule has 7 heteroatoms. The highest BCUT2D eigenvalue weighted by Crippen LogP contribution is 2.49. The average Bonchev–Trinajstić information content (AvgIpc) is 2.83. The van der Waals surface area contributed by atoms with Gasteiger partial charge in [0.2, 0.25) is 0 Å². The number of rotatable bonds is 7. The van der Waals surface area contributed by atoms with Gasteiger partial charge in [0.25, 0.3) is 0 Å². The van der Waals surface area contributed by atoms with E-state index in [1.54, 1.807) is 30.3 Å². The molecule has 1 N–H and O–H groups in total. The molecule has 0 amide bonds. The van der Waals surface area contributed by atoms with Crippen LogP contribution in [-0.4, -0.2) is 42.9 Å². The highest BCUT2D eigenvalue weighted by molar-refractivity contribution is 6.33. The van der Waals surface area contributed by atoms with Crippen molar-refractivity contribution in [2.24, 2.45) is 5.92 Å². The van der Waals surface area contributed by atoms with Gasteiger partial charge >= 0.3 is 0 Å². The molecular weight excluding hydrogens is 472 g/mol. The van der Waals surface area contributed by atoms with Crippen molar-refractivity contribution < 1.29 is 23.4 Å². The number of aromatic hydroxyl groups is 1. The van der Waals surface area contributed by atoms with Crippen molar-refractivity contribution in [2.75, 3.05) is 32.9 Å². The van der Waals surface area contributed by atoms with Crippen molar-refractivity contribution in [3.8, 4) is 17.2 Å². The fourth-order valence-corrected chi connectivity index (χ4v) is 4.95. The lowest BCUT2D eigenvalue weighted by Gasteiger charge is -2.37. The van der Waals surface area contributed by atoms with Crippen LogP contribution in [0.3, 0.4) is 0 Å². The van der Waals surface area contributed by atoms with Gasteiger partial charge in [-0.05, 0) is 54.5 Å². The lowest BCUT2D eigenvalue weighted by molar-refractivity contribution is 0.0668. The average molecular weight is 498 g/mol. The van der Waals surface area contributed by atoms with Crippen LogP contribution in [0.25, 0.3) is 11.1 Å². The minimum Gasteiger partial charge on any atom is -0.508 e. The van der Waals surface area contributed by atoms with Gasteiger partial charge in [0.05, 0.1) is 11.7 Å². The molecule has 2 aliphatic rings. The van der Waals surface area contributed by atoms with Gasteiger partial charge < -0.3 is 14.6 Å². The zero-order chi connectivity index (χ0) is 24.5. The van der Waals surface area contributed by atoms with Gasteiger partial charge in [0, 0.05) is 42.3 Å². The van der Waals surface area contributed by atoms with Gasteiger partial charge in [0.1, 0.15) is 35.8 Å². The summed E-state index contributed by atoms with van der Waals surface area (Å²) in [7, 11) is 0. The van der Waals surface area contributed by atoms with Crippen LogP contribution in [0.15, 0.2) is 60.7 Å². The number of phenols is 1. The van der Waals surface area contributed by atoms with Crippen molar-refractivity contribution in [1.29, 1.82) is 0 Å². The number of fused-ring (bicyclic) bond motifs is 1. The monoisotopic (exact) mass is 497 g/mol. The van der Waals surface area contributed by atoms with Crippen LogP contribution in [0.1, 0.15) is 29.7 Å². The van der Waals surface area contributed by atoms with E-state index in [-0.39, 0.29) is 23.4 Å². The molecule has 4 nitrogen and oxygen atoms in total. The van der Waals surface area contributed by atoms with Crippen molar-refractivity contribution in [3.05, 3.63) is 88.2 Å². The summed E-state index contributed by atoms with van der Waals surface area (Å²) in [6, 6.07) is 17.3. The first kappa shape index (κ1) is 23.6. The Hall–Kier alpha value is -3.09. The summed E-state index contributed by atoms with van der Waals surface area (Å²) in [5, 5.41) is 10.1. The first-order valence-electron chi connectivity index (χ1n) is 11.6. The predicted octanol–water partition coefficient (Wildman–Crippen LogP) is 6.53. The highest BCUT2D eigenvalue weighted by Gasteiger charge is 2.31. The first-order chi connectivity index (χ1) is 16.9. The van der Waals surface area contributed by atoms with Crippen molar-refractivity contribution >= 4 is 22.7 Å². The van der Waals surface area contributed by atoms with Crippen LogP contribution < -0.4 is 9.47 Å². The largest absolute Gasteiger partial charge is 0.508 e. The number of alkyl halides is 1. The molecule has 5 rings (SSSR count). The summed E-state index contributed by atoms with van der Waals surface area (Å²) in [5.41, 5.74) is 3.73. The number of ether oxygens (including phenoxy) is 2. The maximum absolute atomic E-state index is 14.4. The Labute approximate surface area is 208 Å². The second-order valence-corrected chi connectivity index (χ2v) is 9.39. The molecule has 3 aromatic rings. The summed E-state index contributed by atoms with van der Waals surface area (Å²) >= 11 is 6.39. The zero-order valence-electron chi connectivity index (χ0n) is 19.3.